The summed E-state index contributed by atoms with van der Waals surface area (Å²) < 4.78 is 6.37. The maximum atomic E-state index is 11.8. The van der Waals surface area contributed by atoms with E-state index in [1.807, 2.05) is 0 Å². The van der Waals surface area contributed by atoms with E-state index in [2.05, 4.69) is 42.5 Å². The Morgan fingerprint density at radius 2 is 1.90 bits per heavy atom. The lowest BCUT2D eigenvalue weighted by Gasteiger charge is -2.18. The van der Waals surface area contributed by atoms with Crippen LogP contribution in [0.25, 0.3) is 0 Å². The summed E-state index contributed by atoms with van der Waals surface area (Å²) in [6, 6.07) is 1.08. The number of carbonyl (C=O) groups excluding carboxylic acids is 1. The van der Waals surface area contributed by atoms with Gasteiger partial charge >= 0.3 is 12.0 Å². The highest BCUT2D eigenvalue weighted by Gasteiger charge is 2.25. The van der Waals surface area contributed by atoms with Gasteiger partial charge in [-0.15, -0.1) is 0 Å². The van der Waals surface area contributed by atoms with Crippen molar-refractivity contribution < 1.29 is 24.5 Å². The molecule has 1 rings (SSSR count). The van der Waals surface area contributed by atoms with Crippen molar-refractivity contribution in [2.45, 2.75) is 19.1 Å². The topological polar surface area (TPSA) is 108 Å². The average molecular weight is 426 g/mol. The molecule has 21 heavy (non-hydrogen) atoms. The molecule has 1 aromatic carbocycles. The lowest BCUT2D eigenvalue weighted by molar-refractivity contribution is -0.141. The van der Waals surface area contributed by atoms with Gasteiger partial charge in [-0.1, -0.05) is 0 Å². The number of rotatable bonds is 5. The molecule has 1 aromatic rings. The third kappa shape index (κ3) is 4.87. The molecular formula is C12H14Br2N2O5. The van der Waals surface area contributed by atoms with Crippen LogP contribution in [0.5, 0.6) is 5.75 Å². The largest absolute Gasteiger partial charge is 0.495 e. The smallest absolute Gasteiger partial charge is 0.328 e. The van der Waals surface area contributed by atoms with Gasteiger partial charge in [0.1, 0.15) is 5.75 Å². The van der Waals surface area contributed by atoms with Crippen molar-refractivity contribution in [1.82, 2.24) is 5.32 Å². The second-order valence-electron chi connectivity index (χ2n) is 4.12. The Balaban J connectivity index is 2.86. The summed E-state index contributed by atoms with van der Waals surface area (Å²) in [6.07, 6.45) is -1.23. The quantitative estimate of drug-likeness (QED) is 0.578. The molecule has 0 unspecified atom stereocenters. The molecule has 0 aliphatic carbocycles. The Morgan fingerprint density at radius 1 is 1.29 bits per heavy atom. The number of ether oxygens (including phenoxy) is 1. The van der Waals surface area contributed by atoms with Gasteiger partial charge in [0.25, 0.3) is 0 Å². The van der Waals surface area contributed by atoms with Crippen LogP contribution in [0.2, 0.25) is 0 Å². The molecule has 7 nitrogen and oxygen atoms in total. The molecule has 0 fully saturated rings. The summed E-state index contributed by atoms with van der Waals surface area (Å²) in [6.45, 7) is 1.28. The zero-order valence-electron chi connectivity index (χ0n) is 11.2. The Labute approximate surface area is 137 Å². The molecule has 0 saturated heterocycles. The van der Waals surface area contributed by atoms with Crippen LogP contribution < -0.4 is 15.4 Å². The molecule has 0 heterocycles. The van der Waals surface area contributed by atoms with E-state index >= 15 is 0 Å². The average Bonchev–Trinajstić information content (AvgIpc) is 2.38. The van der Waals surface area contributed by atoms with Crippen molar-refractivity contribution in [3.8, 4) is 5.75 Å². The van der Waals surface area contributed by atoms with E-state index in [1.165, 1.54) is 14.0 Å². The van der Waals surface area contributed by atoms with Crippen molar-refractivity contribution in [3.05, 3.63) is 21.1 Å². The molecular weight excluding hydrogens is 412 g/mol. The van der Waals surface area contributed by atoms with Crippen molar-refractivity contribution in [3.63, 3.8) is 0 Å². The predicted molar refractivity (Wildman–Crippen MR) is 83.7 cm³/mol. The van der Waals surface area contributed by atoms with E-state index in [-0.39, 0.29) is 0 Å². The van der Waals surface area contributed by atoms with Crippen molar-refractivity contribution in [2.75, 3.05) is 12.4 Å². The Morgan fingerprint density at radius 3 is 2.38 bits per heavy atom. The maximum Gasteiger partial charge on any atom is 0.328 e. The van der Waals surface area contributed by atoms with E-state index in [0.717, 1.165) is 0 Å². The Hall–Kier alpha value is -1.32. The molecule has 0 aliphatic heterocycles. The van der Waals surface area contributed by atoms with Gasteiger partial charge in [-0.2, -0.15) is 0 Å². The maximum absolute atomic E-state index is 11.8. The second kappa shape index (κ2) is 7.62. The number of nitrogens with one attached hydrogen (secondary N) is 2. The third-order valence-corrected chi connectivity index (χ3v) is 3.80. The summed E-state index contributed by atoms with van der Waals surface area (Å²) in [5.41, 5.74) is 0.391. The number of carboxylic acids is 1. The van der Waals surface area contributed by atoms with Gasteiger partial charge in [0, 0.05) is 10.5 Å². The standard InChI is InChI=1S/C12H14Br2N2O5/c1-5(17)10(11(18)19)16-12(20)15-8-4-9(21-2)7(14)3-6(8)13/h3-5,10,17H,1-2H3,(H,18,19)(H2,15,16,20)/t5-,10+/m1/s1. The fourth-order valence-corrected chi connectivity index (χ4v) is 2.72. The molecule has 0 bridgehead atoms. The lowest BCUT2D eigenvalue weighted by Crippen LogP contribution is -2.49. The van der Waals surface area contributed by atoms with Crippen molar-refractivity contribution in [1.29, 1.82) is 0 Å². The first-order chi connectivity index (χ1) is 9.76. The van der Waals surface area contributed by atoms with Crippen LogP contribution in [0, 0.1) is 0 Å². The first kappa shape index (κ1) is 17.7. The molecule has 0 aliphatic rings. The minimum Gasteiger partial charge on any atom is -0.495 e. The number of aliphatic carboxylic acids is 1. The molecule has 0 spiro atoms. The first-order valence-electron chi connectivity index (χ1n) is 5.77. The van der Waals surface area contributed by atoms with E-state index < -0.39 is 24.1 Å². The number of amides is 2. The number of aliphatic hydroxyl groups excluding tert-OH is 1. The van der Waals surface area contributed by atoms with Crippen LogP contribution >= 0.6 is 31.9 Å². The van der Waals surface area contributed by atoms with Gasteiger partial charge in [-0.05, 0) is 44.8 Å². The van der Waals surface area contributed by atoms with Gasteiger partial charge in [0.2, 0.25) is 0 Å². The summed E-state index contributed by atoms with van der Waals surface area (Å²) in [7, 11) is 1.48. The van der Waals surface area contributed by atoms with Gasteiger partial charge in [0.15, 0.2) is 6.04 Å². The number of carboxylic acid groups (broad SMARTS) is 1. The van der Waals surface area contributed by atoms with Crippen molar-refractivity contribution >= 4 is 49.5 Å². The molecule has 2 amide bonds. The van der Waals surface area contributed by atoms with Crippen LogP contribution in [0.15, 0.2) is 21.1 Å². The highest BCUT2D eigenvalue weighted by Crippen LogP contribution is 2.34. The minimum absolute atomic E-state index is 0.391. The molecule has 0 radical (unpaired) electrons. The number of halogens is 2. The molecule has 9 heteroatoms. The number of carbonyl (C=O) groups is 2. The van der Waals surface area contributed by atoms with E-state index in [1.54, 1.807) is 12.1 Å². The van der Waals surface area contributed by atoms with Gasteiger partial charge < -0.3 is 25.6 Å². The number of urea groups is 1. The number of hydrogen-bond donors (Lipinski definition) is 4. The molecule has 116 valence electrons. The number of methoxy groups -OCH3 is 1. The second-order valence-corrected chi connectivity index (χ2v) is 5.83. The summed E-state index contributed by atoms with van der Waals surface area (Å²) in [4.78, 5) is 22.7. The lowest BCUT2D eigenvalue weighted by atomic mass is 10.2. The highest BCUT2D eigenvalue weighted by atomic mass is 79.9. The number of aliphatic hydroxyl groups is 1. The molecule has 4 N–H and O–H groups in total. The minimum atomic E-state index is -1.40. The summed E-state index contributed by atoms with van der Waals surface area (Å²) in [5.74, 6) is -0.827. The summed E-state index contributed by atoms with van der Waals surface area (Å²) in [5, 5.41) is 22.9. The van der Waals surface area contributed by atoms with E-state index in [0.29, 0.717) is 20.4 Å². The Bertz CT molecular complexity index is 551. The van der Waals surface area contributed by atoms with Crippen LogP contribution in [0.1, 0.15) is 6.92 Å². The molecule has 2 atom stereocenters. The monoisotopic (exact) mass is 424 g/mol. The molecule has 0 saturated carbocycles. The number of anilines is 1. The zero-order valence-corrected chi connectivity index (χ0v) is 14.4. The predicted octanol–water partition coefficient (Wildman–Crippen LogP) is 2.18. The summed E-state index contributed by atoms with van der Waals surface area (Å²) >= 11 is 6.56. The highest BCUT2D eigenvalue weighted by molar-refractivity contribution is 9.11. The SMILES string of the molecule is COc1cc(NC(=O)N[C@H](C(=O)O)[C@@H](C)O)c(Br)cc1Br. The molecule has 0 aromatic heterocycles. The van der Waals surface area contributed by atoms with Crippen LogP contribution in [0.4, 0.5) is 10.5 Å². The fourth-order valence-electron chi connectivity index (χ4n) is 1.47. The number of benzene rings is 1. The van der Waals surface area contributed by atoms with Crippen LogP contribution in [-0.2, 0) is 4.79 Å². The van der Waals surface area contributed by atoms with Gasteiger partial charge in [-0.25, -0.2) is 9.59 Å². The number of hydrogen-bond acceptors (Lipinski definition) is 4. The third-order valence-electron chi connectivity index (χ3n) is 2.52. The Kier molecular flexibility index (Phi) is 6.43. The van der Waals surface area contributed by atoms with Gasteiger partial charge in [0.05, 0.1) is 23.4 Å². The van der Waals surface area contributed by atoms with Crippen molar-refractivity contribution in [2.24, 2.45) is 0 Å². The fraction of sp³-hybridized carbons (Fsp3) is 0.333. The van der Waals surface area contributed by atoms with Gasteiger partial charge in [-0.3, -0.25) is 0 Å². The zero-order chi connectivity index (χ0) is 16.2. The normalized spacial score (nSPS) is 13.2. The van der Waals surface area contributed by atoms with E-state index in [4.69, 9.17) is 9.84 Å². The van der Waals surface area contributed by atoms with Crippen LogP contribution in [0.3, 0.4) is 0 Å². The first-order valence-corrected chi connectivity index (χ1v) is 7.36. The van der Waals surface area contributed by atoms with E-state index in [9.17, 15) is 14.7 Å². The van der Waals surface area contributed by atoms with Crippen LogP contribution in [-0.4, -0.2) is 41.5 Å².